The zero-order valence-corrected chi connectivity index (χ0v) is 10.1. The molecule has 0 amide bonds. The molecule has 0 aromatic carbocycles. The largest absolute Gasteiger partial charge is 0.388 e. The van der Waals surface area contributed by atoms with Crippen molar-refractivity contribution in [3.8, 4) is 0 Å². The SMILES string of the molecule is CSCC(C)(O)CNCCS(N)(=O)=O. The summed E-state index contributed by atoms with van der Waals surface area (Å²) in [5.41, 5.74) is -0.808. The highest BCUT2D eigenvalue weighted by atomic mass is 32.2. The van der Waals surface area contributed by atoms with Crippen molar-refractivity contribution in [3.63, 3.8) is 0 Å². The van der Waals surface area contributed by atoms with Gasteiger partial charge in [0.2, 0.25) is 10.0 Å². The van der Waals surface area contributed by atoms with E-state index in [1.54, 1.807) is 6.92 Å². The van der Waals surface area contributed by atoms with Crippen LogP contribution in [0.25, 0.3) is 0 Å². The van der Waals surface area contributed by atoms with Crippen molar-refractivity contribution in [2.24, 2.45) is 5.14 Å². The Balaban J connectivity index is 3.64. The second-order valence-corrected chi connectivity index (χ2v) is 6.07. The van der Waals surface area contributed by atoms with E-state index in [-0.39, 0.29) is 12.3 Å². The summed E-state index contributed by atoms with van der Waals surface area (Å²) in [6.07, 6.45) is 1.90. The Morgan fingerprint density at radius 3 is 2.57 bits per heavy atom. The molecule has 14 heavy (non-hydrogen) atoms. The lowest BCUT2D eigenvalue weighted by atomic mass is 10.1. The lowest BCUT2D eigenvalue weighted by Gasteiger charge is -2.22. The van der Waals surface area contributed by atoms with E-state index in [2.05, 4.69) is 5.32 Å². The lowest BCUT2D eigenvalue weighted by Crippen LogP contribution is -2.41. The van der Waals surface area contributed by atoms with E-state index < -0.39 is 15.6 Å². The molecule has 0 aliphatic heterocycles. The molecule has 0 aliphatic carbocycles. The molecular formula is C7H18N2O3S2. The Kier molecular flexibility index (Phi) is 5.99. The van der Waals surface area contributed by atoms with Gasteiger partial charge in [0.25, 0.3) is 0 Å². The minimum Gasteiger partial charge on any atom is -0.388 e. The minimum atomic E-state index is -3.40. The summed E-state index contributed by atoms with van der Waals surface area (Å²) in [4.78, 5) is 0. The summed E-state index contributed by atoms with van der Waals surface area (Å²) in [6, 6.07) is 0. The molecule has 0 bridgehead atoms. The standard InChI is InChI=1S/C7H18N2O3S2/c1-7(10,6-13-2)5-9-3-4-14(8,11)12/h9-10H,3-6H2,1-2H3,(H2,8,11,12). The van der Waals surface area contributed by atoms with Crippen molar-refractivity contribution in [2.45, 2.75) is 12.5 Å². The summed E-state index contributed by atoms with van der Waals surface area (Å²) in [7, 11) is -3.40. The van der Waals surface area contributed by atoms with E-state index in [1.165, 1.54) is 11.8 Å². The second-order valence-electron chi connectivity index (χ2n) is 3.47. The molecule has 0 saturated carbocycles. The molecule has 1 unspecified atom stereocenters. The zero-order valence-electron chi connectivity index (χ0n) is 8.49. The predicted octanol–water partition coefficient (Wildman–Crippen LogP) is -1.02. The molecule has 0 heterocycles. The molecule has 5 nitrogen and oxygen atoms in total. The smallest absolute Gasteiger partial charge is 0.210 e. The quantitative estimate of drug-likeness (QED) is 0.497. The molecule has 0 aliphatic rings. The van der Waals surface area contributed by atoms with E-state index in [9.17, 15) is 13.5 Å². The summed E-state index contributed by atoms with van der Waals surface area (Å²) >= 11 is 1.54. The monoisotopic (exact) mass is 242 g/mol. The Hall–Kier alpha value is 0.180. The van der Waals surface area contributed by atoms with Crippen LogP contribution in [0.3, 0.4) is 0 Å². The zero-order chi connectivity index (χ0) is 11.2. The Bertz CT molecular complexity index is 252. The number of nitrogens with one attached hydrogen (secondary N) is 1. The van der Waals surface area contributed by atoms with Gasteiger partial charge in [0.05, 0.1) is 11.4 Å². The topological polar surface area (TPSA) is 92.4 Å². The first-order chi connectivity index (χ1) is 6.27. The van der Waals surface area contributed by atoms with Crippen LogP contribution in [0.5, 0.6) is 0 Å². The maximum absolute atomic E-state index is 10.6. The van der Waals surface area contributed by atoms with Gasteiger partial charge in [0.15, 0.2) is 0 Å². The van der Waals surface area contributed by atoms with Gasteiger partial charge in [-0.3, -0.25) is 0 Å². The van der Waals surface area contributed by atoms with Crippen LogP contribution in [-0.4, -0.2) is 50.0 Å². The summed E-state index contributed by atoms with van der Waals surface area (Å²) < 4.78 is 21.1. The van der Waals surface area contributed by atoms with E-state index in [0.717, 1.165) is 0 Å². The van der Waals surface area contributed by atoms with Crippen molar-refractivity contribution >= 4 is 21.8 Å². The molecule has 0 saturated heterocycles. The number of sulfonamides is 1. The maximum Gasteiger partial charge on any atom is 0.210 e. The molecule has 86 valence electrons. The van der Waals surface area contributed by atoms with E-state index >= 15 is 0 Å². The summed E-state index contributed by atoms with van der Waals surface area (Å²) in [5, 5.41) is 17.3. The highest BCUT2D eigenvalue weighted by Crippen LogP contribution is 2.08. The van der Waals surface area contributed by atoms with E-state index in [1.807, 2.05) is 6.26 Å². The van der Waals surface area contributed by atoms with Crippen LogP contribution in [0, 0.1) is 0 Å². The first-order valence-corrected chi connectivity index (χ1v) is 7.30. The summed E-state index contributed by atoms with van der Waals surface area (Å²) in [5.74, 6) is 0.498. The third-order valence-corrected chi connectivity index (χ3v) is 3.21. The van der Waals surface area contributed by atoms with Crippen LogP contribution in [-0.2, 0) is 10.0 Å². The number of rotatable bonds is 7. The summed E-state index contributed by atoms with van der Waals surface area (Å²) in [6.45, 7) is 2.33. The number of hydrogen-bond donors (Lipinski definition) is 3. The molecule has 0 spiro atoms. The van der Waals surface area contributed by atoms with Gasteiger partial charge in [-0.15, -0.1) is 0 Å². The van der Waals surface area contributed by atoms with Gasteiger partial charge in [-0.05, 0) is 13.2 Å². The molecule has 0 radical (unpaired) electrons. The van der Waals surface area contributed by atoms with Gasteiger partial charge in [-0.25, -0.2) is 13.6 Å². The van der Waals surface area contributed by atoms with Crippen LogP contribution >= 0.6 is 11.8 Å². The Morgan fingerprint density at radius 1 is 1.57 bits per heavy atom. The lowest BCUT2D eigenvalue weighted by molar-refractivity contribution is 0.0856. The third kappa shape index (κ3) is 8.76. The average molecular weight is 242 g/mol. The average Bonchev–Trinajstić information content (AvgIpc) is 1.96. The number of primary sulfonamides is 1. The fourth-order valence-electron chi connectivity index (χ4n) is 0.934. The fourth-order valence-corrected chi connectivity index (χ4v) is 2.09. The highest BCUT2D eigenvalue weighted by molar-refractivity contribution is 7.98. The molecule has 0 aromatic rings. The van der Waals surface area contributed by atoms with Gasteiger partial charge >= 0.3 is 0 Å². The van der Waals surface area contributed by atoms with Gasteiger partial charge < -0.3 is 10.4 Å². The first-order valence-electron chi connectivity index (χ1n) is 4.19. The number of aliphatic hydroxyl groups is 1. The van der Waals surface area contributed by atoms with Gasteiger partial charge in [-0.1, -0.05) is 0 Å². The number of thioether (sulfide) groups is 1. The normalized spacial score (nSPS) is 16.6. The van der Waals surface area contributed by atoms with Crippen molar-refractivity contribution < 1.29 is 13.5 Å². The molecular weight excluding hydrogens is 224 g/mol. The van der Waals surface area contributed by atoms with Crippen molar-refractivity contribution in [1.29, 1.82) is 0 Å². The molecule has 7 heteroatoms. The first kappa shape index (κ1) is 14.2. The van der Waals surface area contributed by atoms with E-state index in [0.29, 0.717) is 12.3 Å². The van der Waals surface area contributed by atoms with Crippen LogP contribution in [0.2, 0.25) is 0 Å². The molecule has 4 N–H and O–H groups in total. The predicted molar refractivity (Wildman–Crippen MR) is 59.8 cm³/mol. The van der Waals surface area contributed by atoms with Crippen molar-refractivity contribution in [3.05, 3.63) is 0 Å². The molecule has 1 atom stereocenters. The molecule has 0 fully saturated rings. The van der Waals surface area contributed by atoms with Gasteiger partial charge in [0.1, 0.15) is 0 Å². The van der Waals surface area contributed by atoms with Gasteiger partial charge in [0, 0.05) is 18.8 Å². The third-order valence-electron chi connectivity index (χ3n) is 1.52. The fraction of sp³-hybridized carbons (Fsp3) is 1.00. The van der Waals surface area contributed by atoms with Crippen molar-refractivity contribution in [1.82, 2.24) is 5.32 Å². The second kappa shape index (κ2) is 5.92. The number of nitrogens with two attached hydrogens (primary N) is 1. The Labute approximate surface area is 89.5 Å². The molecule has 0 rings (SSSR count). The Morgan fingerprint density at radius 2 is 2.14 bits per heavy atom. The van der Waals surface area contributed by atoms with Crippen LogP contribution in [0.15, 0.2) is 0 Å². The van der Waals surface area contributed by atoms with Crippen LogP contribution < -0.4 is 10.5 Å². The number of hydrogen-bond acceptors (Lipinski definition) is 5. The highest BCUT2D eigenvalue weighted by Gasteiger charge is 2.18. The minimum absolute atomic E-state index is 0.109. The van der Waals surface area contributed by atoms with E-state index in [4.69, 9.17) is 5.14 Å². The van der Waals surface area contributed by atoms with Crippen LogP contribution in [0.1, 0.15) is 6.92 Å². The van der Waals surface area contributed by atoms with Crippen molar-refractivity contribution in [2.75, 3.05) is 30.9 Å². The maximum atomic E-state index is 10.6. The molecule has 0 aromatic heterocycles. The van der Waals surface area contributed by atoms with Gasteiger partial charge in [-0.2, -0.15) is 11.8 Å². The van der Waals surface area contributed by atoms with Crippen LogP contribution in [0.4, 0.5) is 0 Å².